The van der Waals surface area contributed by atoms with Gasteiger partial charge >= 0.3 is 5.97 Å². The molecular formula is C24H23N5O3. The van der Waals surface area contributed by atoms with Gasteiger partial charge in [0.1, 0.15) is 5.82 Å². The van der Waals surface area contributed by atoms with E-state index in [1.807, 2.05) is 52.0 Å². The van der Waals surface area contributed by atoms with Gasteiger partial charge in [-0.15, -0.1) is 0 Å². The van der Waals surface area contributed by atoms with Gasteiger partial charge in [-0.25, -0.2) is 19.4 Å². The number of ether oxygens (including phenoxy) is 1. The summed E-state index contributed by atoms with van der Waals surface area (Å²) in [6.07, 6.45) is 0. The van der Waals surface area contributed by atoms with Crippen molar-refractivity contribution < 1.29 is 14.3 Å². The van der Waals surface area contributed by atoms with E-state index >= 15 is 0 Å². The van der Waals surface area contributed by atoms with Crippen molar-refractivity contribution in [2.75, 3.05) is 11.9 Å². The highest BCUT2D eigenvalue weighted by molar-refractivity contribution is 5.97. The molecule has 0 spiro atoms. The van der Waals surface area contributed by atoms with Crippen LogP contribution < -0.4 is 5.32 Å². The molecule has 0 aliphatic carbocycles. The van der Waals surface area contributed by atoms with E-state index in [0.717, 1.165) is 28.3 Å². The maximum absolute atomic E-state index is 12.5. The molecule has 4 aromatic rings. The lowest BCUT2D eigenvalue weighted by Gasteiger charge is -2.10. The summed E-state index contributed by atoms with van der Waals surface area (Å²) in [6, 6.07) is 14.5. The standard InChI is InChI=1S/C24H23N5O3/c1-14-5-8-19(9-6-14)29-22(11-15(2)28-29)27-23(30)13-32-24(31)18-7-10-20-21(12-18)26-17(4)16(3)25-20/h5-12H,13H2,1-4H3,(H,27,30). The zero-order valence-corrected chi connectivity index (χ0v) is 18.3. The van der Waals surface area contributed by atoms with E-state index < -0.39 is 18.5 Å². The molecule has 1 amide bonds. The molecule has 8 nitrogen and oxygen atoms in total. The highest BCUT2D eigenvalue weighted by Crippen LogP contribution is 2.18. The van der Waals surface area contributed by atoms with Crippen LogP contribution in [0.15, 0.2) is 48.5 Å². The number of rotatable bonds is 5. The molecule has 8 heteroatoms. The number of carbonyl (C=O) groups excluding carboxylic acids is 2. The zero-order chi connectivity index (χ0) is 22.8. The molecule has 4 rings (SSSR count). The summed E-state index contributed by atoms with van der Waals surface area (Å²) < 4.78 is 6.84. The molecule has 0 aliphatic heterocycles. The van der Waals surface area contributed by atoms with Gasteiger partial charge < -0.3 is 10.1 Å². The normalized spacial score (nSPS) is 10.9. The molecule has 162 valence electrons. The number of hydrogen-bond acceptors (Lipinski definition) is 6. The van der Waals surface area contributed by atoms with Gasteiger partial charge in [0, 0.05) is 6.07 Å². The maximum Gasteiger partial charge on any atom is 0.338 e. The van der Waals surface area contributed by atoms with E-state index in [1.165, 1.54) is 0 Å². The second-order valence-corrected chi connectivity index (χ2v) is 7.64. The first-order valence-corrected chi connectivity index (χ1v) is 10.2. The molecule has 2 aromatic carbocycles. The molecule has 2 aromatic heterocycles. The fraction of sp³-hybridized carbons (Fsp3) is 0.208. The second kappa shape index (κ2) is 8.58. The van der Waals surface area contributed by atoms with E-state index in [-0.39, 0.29) is 0 Å². The number of aryl methyl sites for hydroxylation is 4. The third kappa shape index (κ3) is 4.49. The monoisotopic (exact) mass is 429 g/mol. The lowest BCUT2D eigenvalue weighted by molar-refractivity contribution is -0.119. The van der Waals surface area contributed by atoms with Crippen molar-refractivity contribution in [2.24, 2.45) is 0 Å². The van der Waals surface area contributed by atoms with Crippen molar-refractivity contribution >= 4 is 28.7 Å². The number of fused-ring (bicyclic) bond motifs is 1. The van der Waals surface area contributed by atoms with Crippen LogP contribution in [0.4, 0.5) is 5.82 Å². The predicted molar refractivity (Wildman–Crippen MR) is 121 cm³/mol. The number of hydrogen-bond donors (Lipinski definition) is 1. The minimum Gasteiger partial charge on any atom is -0.452 e. The molecule has 1 N–H and O–H groups in total. The Morgan fingerprint density at radius 3 is 2.31 bits per heavy atom. The quantitative estimate of drug-likeness (QED) is 0.484. The number of benzene rings is 2. The van der Waals surface area contributed by atoms with Crippen LogP contribution in [0.2, 0.25) is 0 Å². The highest BCUT2D eigenvalue weighted by atomic mass is 16.5. The van der Waals surface area contributed by atoms with Crippen molar-refractivity contribution in [1.82, 2.24) is 19.7 Å². The van der Waals surface area contributed by atoms with E-state index in [2.05, 4.69) is 20.4 Å². The summed E-state index contributed by atoms with van der Waals surface area (Å²) in [5.41, 5.74) is 5.93. The van der Waals surface area contributed by atoms with Crippen LogP contribution in [0, 0.1) is 27.7 Å². The second-order valence-electron chi connectivity index (χ2n) is 7.64. The lowest BCUT2D eigenvalue weighted by Crippen LogP contribution is -2.22. The van der Waals surface area contributed by atoms with E-state index in [0.29, 0.717) is 22.4 Å². The molecule has 0 fully saturated rings. The van der Waals surface area contributed by atoms with Crippen molar-refractivity contribution in [2.45, 2.75) is 27.7 Å². The third-order valence-electron chi connectivity index (χ3n) is 5.02. The van der Waals surface area contributed by atoms with Gasteiger partial charge in [-0.1, -0.05) is 17.7 Å². The molecule has 0 saturated heterocycles. The van der Waals surface area contributed by atoms with Gasteiger partial charge in [0.05, 0.1) is 39.4 Å². The van der Waals surface area contributed by atoms with Crippen LogP contribution in [-0.2, 0) is 9.53 Å². The van der Waals surface area contributed by atoms with Crippen LogP contribution in [0.1, 0.15) is 33.0 Å². The topological polar surface area (TPSA) is 99.0 Å². The average Bonchev–Trinajstić information content (AvgIpc) is 3.13. The number of aromatic nitrogens is 4. The first-order chi connectivity index (χ1) is 15.3. The summed E-state index contributed by atoms with van der Waals surface area (Å²) >= 11 is 0. The minimum absolute atomic E-state index is 0.309. The Bertz CT molecular complexity index is 1330. The molecule has 0 bridgehead atoms. The van der Waals surface area contributed by atoms with E-state index in [1.54, 1.807) is 28.9 Å². The number of esters is 1. The van der Waals surface area contributed by atoms with Gasteiger partial charge in [-0.3, -0.25) is 4.79 Å². The lowest BCUT2D eigenvalue weighted by atomic mass is 10.2. The Kier molecular flexibility index (Phi) is 5.68. The molecule has 0 saturated carbocycles. The summed E-state index contributed by atoms with van der Waals surface area (Å²) in [7, 11) is 0. The number of amides is 1. The summed E-state index contributed by atoms with van der Waals surface area (Å²) in [5, 5.41) is 7.19. The van der Waals surface area contributed by atoms with Crippen LogP contribution in [0.5, 0.6) is 0 Å². The van der Waals surface area contributed by atoms with Crippen molar-refractivity contribution in [1.29, 1.82) is 0 Å². The van der Waals surface area contributed by atoms with Gasteiger partial charge in [0.25, 0.3) is 5.91 Å². The highest BCUT2D eigenvalue weighted by Gasteiger charge is 2.15. The van der Waals surface area contributed by atoms with Gasteiger partial charge in [0.15, 0.2) is 6.61 Å². The molecule has 0 atom stereocenters. The van der Waals surface area contributed by atoms with Gasteiger partial charge in [0.2, 0.25) is 0 Å². The molecule has 32 heavy (non-hydrogen) atoms. The van der Waals surface area contributed by atoms with Gasteiger partial charge in [-0.2, -0.15) is 5.10 Å². The number of carbonyl (C=O) groups is 2. The van der Waals surface area contributed by atoms with Crippen LogP contribution >= 0.6 is 0 Å². The molecular weight excluding hydrogens is 406 g/mol. The first-order valence-electron chi connectivity index (χ1n) is 10.2. The molecule has 0 aliphatic rings. The number of nitrogens with one attached hydrogen (secondary N) is 1. The average molecular weight is 429 g/mol. The maximum atomic E-state index is 12.5. The minimum atomic E-state index is -0.606. The Balaban J connectivity index is 1.43. The largest absolute Gasteiger partial charge is 0.452 e. The Labute approximate surface area is 185 Å². The predicted octanol–water partition coefficient (Wildman–Crippen LogP) is 3.84. The zero-order valence-electron chi connectivity index (χ0n) is 18.3. The summed E-state index contributed by atoms with van der Waals surface area (Å²) in [6.45, 7) is 7.16. The van der Waals surface area contributed by atoms with Crippen molar-refractivity contribution in [3.63, 3.8) is 0 Å². The van der Waals surface area contributed by atoms with Gasteiger partial charge in [-0.05, 0) is 58.0 Å². The van der Waals surface area contributed by atoms with Crippen LogP contribution in [0.25, 0.3) is 16.7 Å². The number of anilines is 1. The SMILES string of the molecule is Cc1ccc(-n2nc(C)cc2NC(=O)COC(=O)c2ccc3nc(C)c(C)nc3c2)cc1. The Hall–Kier alpha value is -4.07. The first kappa shape index (κ1) is 21.2. The third-order valence-corrected chi connectivity index (χ3v) is 5.02. The van der Waals surface area contributed by atoms with Crippen LogP contribution in [-0.4, -0.2) is 38.2 Å². The number of nitrogens with zero attached hydrogens (tertiary/aromatic N) is 4. The van der Waals surface area contributed by atoms with Crippen molar-refractivity contribution in [3.05, 3.63) is 76.7 Å². The fourth-order valence-corrected chi connectivity index (χ4v) is 3.22. The summed E-state index contributed by atoms with van der Waals surface area (Å²) in [4.78, 5) is 33.8. The van der Waals surface area contributed by atoms with E-state index in [9.17, 15) is 9.59 Å². The Morgan fingerprint density at radius 1 is 0.906 bits per heavy atom. The van der Waals surface area contributed by atoms with Crippen molar-refractivity contribution in [3.8, 4) is 5.69 Å². The van der Waals surface area contributed by atoms with E-state index in [4.69, 9.17) is 4.74 Å². The smallest absolute Gasteiger partial charge is 0.338 e. The molecule has 2 heterocycles. The molecule has 0 radical (unpaired) electrons. The van der Waals surface area contributed by atoms with Crippen LogP contribution in [0.3, 0.4) is 0 Å². The molecule has 0 unspecified atom stereocenters. The fourth-order valence-electron chi connectivity index (χ4n) is 3.22. The summed E-state index contributed by atoms with van der Waals surface area (Å²) in [5.74, 6) is -0.566. The Morgan fingerprint density at radius 2 is 1.59 bits per heavy atom.